The predicted molar refractivity (Wildman–Crippen MR) is 102 cm³/mol. The topological polar surface area (TPSA) is 46.4 Å². The van der Waals surface area contributed by atoms with E-state index in [0.29, 0.717) is 5.69 Å². The van der Waals surface area contributed by atoms with E-state index < -0.39 is 0 Å². The lowest BCUT2D eigenvalue weighted by molar-refractivity contribution is 0.102. The fraction of sp³-hybridized carbons (Fsp3) is 0.333. The molecule has 3 rings (SSSR count). The number of nitrogens with one attached hydrogen (secondary N) is 1. The van der Waals surface area contributed by atoms with Crippen molar-refractivity contribution in [3.63, 3.8) is 0 Å². The first-order chi connectivity index (χ1) is 12.1. The van der Waals surface area contributed by atoms with Gasteiger partial charge in [0.25, 0.3) is 5.91 Å². The second-order valence-corrected chi connectivity index (χ2v) is 6.46. The summed E-state index contributed by atoms with van der Waals surface area (Å²) < 4.78 is 1.92. The molecule has 0 bridgehead atoms. The van der Waals surface area contributed by atoms with E-state index in [2.05, 4.69) is 25.2 Å². The molecular weight excluding hydrogens is 310 g/mol. The Bertz CT molecular complexity index is 924. The summed E-state index contributed by atoms with van der Waals surface area (Å²) in [5.41, 5.74) is 6.58. The monoisotopic (exact) mass is 335 g/mol. The average Bonchev–Trinajstić information content (AvgIpc) is 2.96. The summed E-state index contributed by atoms with van der Waals surface area (Å²) in [6, 6.07) is 10.1. The van der Waals surface area contributed by atoms with Crippen molar-refractivity contribution in [2.75, 3.05) is 5.32 Å². The van der Waals surface area contributed by atoms with Gasteiger partial charge < -0.3 is 5.32 Å². The van der Waals surface area contributed by atoms with Gasteiger partial charge in [-0.25, -0.2) is 4.98 Å². The molecule has 0 spiro atoms. The second-order valence-electron chi connectivity index (χ2n) is 6.46. The maximum atomic E-state index is 13.1. The number of pyridine rings is 1. The molecule has 0 unspecified atom stereocenters. The van der Waals surface area contributed by atoms with E-state index in [1.807, 2.05) is 48.7 Å². The number of fused-ring (bicyclic) bond motifs is 1. The van der Waals surface area contributed by atoms with E-state index in [4.69, 9.17) is 4.98 Å². The summed E-state index contributed by atoms with van der Waals surface area (Å²) in [6.45, 7) is 8.26. The summed E-state index contributed by atoms with van der Waals surface area (Å²) >= 11 is 0. The van der Waals surface area contributed by atoms with Crippen LogP contribution in [0.15, 0.2) is 36.5 Å². The Morgan fingerprint density at radius 2 is 1.88 bits per heavy atom. The number of imidazole rings is 1. The van der Waals surface area contributed by atoms with Gasteiger partial charge in [0.05, 0.1) is 5.69 Å². The molecule has 0 aliphatic heterocycles. The second kappa shape index (κ2) is 7.09. The van der Waals surface area contributed by atoms with Gasteiger partial charge >= 0.3 is 0 Å². The molecule has 25 heavy (non-hydrogen) atoms. The minimum Gasteiger partial charge on any atom is -0.320 e. The van der Waals surface area contributed by atoms with Crippen LogP contribution in [0.5, 0.6) is 0 Å². The summed E-state index contributed by atoms with van der Waals surface area (Å²) in [7, 11) is 0. The maximum Gasteiger partial charge on any atom is 0.274 e. The highest BCUT2D eigenvalue weighted by atomic mass is 16.2. The van der Waals surface area contributed by atoms with Crippen LogP contribution < -0.4 is 5.32 Å². The highest BCUT2D eigenvalue weighted by molar-refractivity contribution is 6.05. The van der Waals surface area contributed by atoms with E-state index in [0.717, 1.165) is 53.0 Å². The fourth-order valence-electron chi connectivity index (χ4n) is 3.28. The summed E-state index contributed by atoms with van der Waals surface area (Å²) in [5.74, 6) is -0.0921. The predicted octanol–water partition coefficient (Wildman–Crippen LogP) is 4.72. The summed E-state index contributed by atoms with van der Waals surface area (Å²) in [5, 5.41) is 3.14. The highest BCUT2D eigenvalue weighted by Gasteiger charge is 2.20. The Balaban J connectivity index is 2.08. The van der Waals surface area contributed by atoms with Gasteiger partial charge in [-0.3, -0.25) is 9.20 Å². The zero-order valence-electron chi connectivity index (χ0n) is 15.4. The highest BCUT2D eigenvalue weighted by Crippen LogP contribution is 2.24. The van der Waals surface area contributed by atoms with Gasteiger partial charge in [-0.15, -0.1) is 0 Å². The number of nitrogens with zero attached hydrogens (tertiary/aromatic N) is 2. The first-order valence-electron chi connectivity index (χ1n) is 8.93. The molecule has 0 radical (unpaired) electrons. The number of para-hydroxylation sites is 1. The third-order valence-corrected chi connectivity index (χ3v) is 4.60. The SMILES string of the molecule is CCCc1nc2c(C)cccn2c1C(=O)Nc1c(C)cccc1CC. The number of aryl methyl sites for hydroxylation is 4. The molecule has 2 heterocycles. The van der Waals surface area contributed by atoms with E-state index >= 15 is 0 Å². The van der Waals surface area contributed by atoms with Crippen molar-refractivity contribution in [2.45, 2.75) is 47.0 Å². The molecule has 1 amide bonds. The minimum atomic E-state index is -0.0921. The van der Waals surface area contributed by atoms with Crippen molar-refractivity contribution in [3.8, 4) is 0 Å². The Kier molecular flexibility index (Phi) is 4.88. The van der Waals surface area contributed by atoms with Gasteiger partial charge in [-0.05, 0) is 49.4 Å². The van der Waals surface area contributed by atoms with Crippen LogP contribution in [-0.4, -0.2) is 15.3 Å². The van der Waals surface area contributed by atoms with Crippen LogP contribution >= 0.6 is 0 Å². The number of hydrogen-bond acceptors (Lipinski definition) is 2. The molecule has 0 aliphatic rings. The van der Waals surface area contributed by atoms with Crippen molar-refractivity contribution in [2.24, 2.45) is 0 Å². The smallest absolute Gasteiger partial charge is 0.274 e. The lowest BCUT2D eigenvalue weighted by Crippen LogP contribution is -2.18. The molecule has 4 nitrogen and oxygen atoms in total. The molecule has 0 saturated carbocycles. The summed E-state index contributed by atoms with van der Waals surface area (Å²) in [6.07, 6.45) is 4.54. The van der Waals surface area contributed by atoms with Gasteiger partial charge in [0.2, 0.25) is 0 Å². The first-order valence-corrected chi connectivity index (χ1v) is 8.93. The number of hydrogen-bond donors (Lipinski definition) is 1. The lowest BCUT2D eigenvalue weighted by atomic mass is 10.1. The third kappa shape index (κ3) is 3.16. The van der Waals surface area contributed by atoms with Crippen LogP contribution in [0.3, 0.4) is 0 Å². The number of carbonyl (C=O) groups excluding carboxylic acids is 1. The van der Waals surface area contributed by atoms with E-state index in [9.17, 15) is 4.79 Å². The normalized spacial score (nSPS) is 11.0. The number of benzene rings is 1. The van der Waals surface area contributed by atoms with Gasteiger partial charge in [0, 0.05) is 11.9 Å². The zero-order chi connectivity index (χ0) is 18.0. The van der Waals surface area contributed by atoms with Crippen LogP contribution in [-0.2, 0) is 12.8 Å². The Morgan fingerprint density at radius 1 is 1.12 bits per heavy atom. The molecule has 1 aromatic carbocycles. The van der Waals surface area contributed by atoms with Gasteiger partial charge in [0.1, 0.15) is 11.3 Å². The molecular formula is C21H25N3O. The van der Waals surface area contributed by atoms with Crippen molar-refractivity contribution >= 4 is 17.2 Å². The van der Waals surface area contributed by atoms with Gasteiger partial charge in [-0.1, -0.05) is 44.5 Å². The standard InChI is InChI=1S/C21H25N3O/c1-5-9-17-19(24-13-8-11-15(4)20(24)22-17)21(25)23-18-14(3)10-7-12-16(18)6-2/h7-8,10-13H,5-6,9H2,1-4H3,(H,23,25). The first kappa shape index (κ1) is 17.2. The van der Waals surface area contributed by atoms with Crippen molar-refractivity contribution in [1.29, 1.82) is 0 Å². The average molecular weight is 335 g/mol. The van der Waals surface area contributed by atoms with Gasteiger partial charge in [-0.2, -0.15) is 0 Å². The van der Waals surface area contributed by atoms with Crippen LogP contribution in [0.1, 0.15) is 53.1 Å². The van der Waals surface area contributed by atoms with Crippen molar-refractivity contribution in [1.82, 2.24) is 9.38 Å². The quantitative estimate of drug-likeness (QED) is 0.733. The molecule has 4 heteroatoms. The number of carbonyl (C=O) groups is 1. The fourth-order valence-corrected chi connectivity index (χ4v) is 3.28. The largest absolute Gasteiger partial charge is 0.320 e. The van der Waals surface area contributed by atoms with E-state index in [1.165, 1.54) is 0 Å². The molecule has 1 N–H and O–H groups in total. The number of rotatable bonds is 5. The Labute approximate surface area is 148 Å². The van der Waals surface area contributed by atoms with Crippen LogP contribution in [0, 0.1) is 13.8 Å². The number of anilines is 1. The summed E-state index contributed by atoms with van der Waals surface area (Å²) in [4.78, 5) is 17.9. The van der Waals surface area contributed by atoms with E-state index in [1.54, 1.807) is 0 Å². The molecule has 3 aromatic rings. The van der Waals surface area contributed by atoms with Crippen LogP contribution in [0.25, 0.3) is 5.65 Å². The zero-order valence-corrected chi connectivity index (χ0v) is 15.4. The molecule has 130 valence electrons. The van der Waals surface area contributed by atoms with Crippen LogP contribution in [0.2, 0.25) is 0 Å². The van der Waals surface area contributed by atoms with Crippen LogP contribution in [0.4, 0.5) is 5.69 Å². The molecule has 0 fully saturated rings. The minimum absolute atomic E-state index is 0.0921. The molecule has 2 aromatic heterocycles. The Hall–Kier alpha value is -2.62. The van der Waals surface area contributed by atoms with Crippen molar-refractivity contribution < 1.29 is 4.79 Å². The molecule has 0 atom stereocenters. The number of aromatic nitrogens is 2. The van der Waals surface area contributed by atoms with Gasteiger partial charge in [0.15, 0.2) is 0 Å². The molecule has 0 saturated heterocycles. The Morgan fingerprint density at radius 3 is 2.60 bits per heavy atom. The lowest BCUT2D eigenvalue weighted by Gasteiger charge is -2.13. The maximum absolute atomic E-state index is 13.1. The van der Waals surface area contributed by atoms with Crippen molar-refractivity contribution in [3.05, 3.63) is 64.6 Å². The molecule has 0 aliphatic carbocycles. The number of amides is 1. The third-order valence-electron chi connectivity index (χ3n) is 4.60. The van der Waals surface area contributed by atoms with E-state index in [-0.39, 0.29) is 5.91 Å².